The summed E-state index contributed by atoms with van der Waals surface area (Å²) in [6, 6.07) is 23.5. The third kappa shape index (κ3) is 5.42. The predicted octanol–water partition coefficient (Wildman–Crippen LogP) is 4.29. The molecule has 5 nitrogen and oxygen atoms in total. The Morgan fingerprint density at radius 2 is 1.94 bits per heavy atom. The van der Waals surface area contributed by atoms with Gasteiger partial charge in [-0.15, -0.1) is 0 Å². The summed E-state index contributed by atoms with van der Waals surface area (Å²) >= 11 is 0. The Bertz CT molecular complexity index is 1180. The Hall–Kier alpha value is -3.20. The van der Waals surface area contributed by atoms with Crippen LogP contribution in [0, 0.1) is 11.3 Å². The number of β-amino-alcohol motifs (C(OH)–C–C–N with tert-alkyl or cyclic N) is 1. The van der Waals surface area contributed by atoms with Gasteiger partial charge in [-0.25, -0.2) is 0 Å². The number of hydrogen-bond acceptors (Lipinski definition) is 4. The molecule has 33 heavy (non-hydrogen) atoms. The molecule has 0 aliphatic carbocycles. The molecule has 4 rings (SSSR count). The molecule has 2 N–H and O–H groups in total. The van der Waals surface area contributed by atoms with Crippen LogP contribution >= 0.6 is 0 Å². The minimum atomic E-state index is -0.661. The maximum atomic E-state index is 13.1. The summed E-state index contributed by atoms with van der Waals surface area (Å²) in [5.74, 6) is -0.121. The second kappa shape index (κ2) is 9.74. The molecular weight excluding hydrogens is 410 g/mol. The lowest BCUT2D eigenvalue weighted by molar-refractivity contribution is 0.0468. The molecule has 0 bridgehead atoms. The van der Waals surface area contributed by atoms with Crippen LogP contribution in [0.5, 0.6) is 0 Å². The van der Waals surface area contributed by atoms with Crippen molar-refractivity contribution in [2.45, 2.75) is 50.8 Å². The molecule has 0 spiro atoms. The third-order valence-electron chi connectivity index (χ3n) is 6.49. The van der Waals surface area contributed by atoms with E-state index < -0.39 is 6.10 Å². The van der Waals surface area contributed by atoms with Gasteiger partial charge in [-0.2, -0.15) is 5.26 Å². The standard InChI is InChI=1S/C28H31N3O2/c1-28(2,17-20-12-13-22-8-3-4-9-23(22)15-20)30-19-26(32)25-11-6-14-31(25)27(33)24-10-5-7-21(16-24)18-29/h3-5,7-10,12-13,15-16,25-26,30,32H,6,11,14,17,19H2,1-2H3/t25-,26-/m1/s1. The maximum Gasteiger partial charge on any atom is 0.254 e. The molecule has 1 fully saturated rings. The zero-order valence-corrected chi connectivity index (χ0v) is 19.3. The second-order valence-corrected chi connectivity index (χ2v) is 9.59. The highest BCUT2D eigenvalue weighted by molar-refractivity contribution is 5.95. The molecule has 0 unspecified atom stereocenters. The van der Waals surface area contributed by atoms with E-state index in [1.54, 1.807) is 29.2 Å². The highest BCUT2D eigenvalue weighted by atomic mass is 16.3. The Morgan fingerprint density at radius 3 is 2.73 bits per heavy atom. The van der Waals surface area contributed by atoms with Crippen molar-refractivity contribution in [3.63, 3.8) is 0 Å². The van der Waals surface area contributed by atoms with Crippen LogP contribution in [0.4, 0.5) is 0 Å². The molecular formula is C28H31N3O2. The number of nitriles is 1. The van der Waals surface area contributed by atoms with Crippen LogP contribution in [0.15, 0.2) is 66.7 Å². The van der Waals surface area contributed by atoms with E-state index in [4.69, 9.17) is 5.26 Å². The number of aliphatic hydroxyl groups excluding tert-OH is 1. The van der Waals surface area contributed by atoms with Crippen LogP contribution in [0.1, 0.15) is 48.2 Å². The number of amides is 1. The van der Waals surface area contributed by atoms with Crippen molar-refractivity contribution in [2.75, 3.05) is 13.1 Å². The SMILES string of the molecule is CC(C)(Cc1ccc2ccccc2c1)NC[C@@H](O)[C@H]1CCCN1C(=O)c1cccc(C#N)c1. The smallest absolute Gasteiger partial charge is 0.254 e. The van der Waals surface area contributed by atoms with Crippen molar-refractivity contribution < 1.29 is 9.90 Å². The number of hydrogen-bond donors (Lipinski definition) is 2. The Kier molecular flexibility index (Phi) is 6.78. The largest absolute Gasteiger partial charge is 0.390 e. The minimum absolute atomic E-state index is 0.121. The number of aliphatic hydroxyl groups is 1. The first-order valence-electron chi connectivity index (χ1n) is 11.6. The highest BCUT2D eigenvalue weighted by Gasteiger charge is 2.35. The summed E-state index contributed by atoms with van der Waals surface area (Å²) in [7, 11) is 0. The molecule has 0 aromatic heterocycles. The van der Waals surface area contributed by atoms with Gasteiger partial charge >= 0.3 is 0 Å². The van der Waals surface area contributed by atoms with Crippen molar-refractivity contribution in [1.82, 2.24) is 10.2 Å². The van der Waals surface area contributed by atoms with Crippen molar-refractivity contribution >= 4 is 16.7 Å². The molecule has 1 aliphatic rings. The zero-order valence-electron chi connectivity index (χ0n) is 19.3. The molecule has 1 saturated heterocycles. The number of fused-ring (bicyclic) bond motifs is 1. The summed E-state index contributed by atoms with van der Waals surface area (Å²) in [6.07, 6.45) is 1.81. The van der Waals surface area contributed by atoms with Crippen molar-refractivity contribution in [3.05, 3.63) is 83.4 Å². The first-order valence-corrected chi connectivity index (χ1v) is 11.6. The summed E-state index contributed by atoms with van der Waals surface area (Å²) in [4.78, 5) is 14.8. The Balaban J connectivity index is 1.38. The van der Waals surface area contributed by atoms with Gasteiger partial charge in [-0.3, -0.25) is 4.79 Å². The Morgan fingerprint density at radius 1 is 1.15 bits per heavy atom. The summed E-state index contributed by atoms with van der Waals surface area (Å²) < 4.78 is 0. The molecule has 3 aromatic carbocycles. The van der Waals surface area contributed by atoms with Crippen molar-refractivity contribution in [1.29, 1.82) is 5.26 Å². The van der Waals surface area contributed by atoms with Crippen LogP contribution in [-0.2, 0) is 6.42 Å². The molecule has 1 aliphatic heterocycles. The zero-order chi connectivity index (χ0) is 23.4. The molecule has 2 atom stereocenters. The van der Waals surface area contributed by atoms with Crippen LogP contribution in [0.2, 0.25) is 0 Å². The van der Waals surface area contributed by atoms with Gasteiger partial charge in [0.15, 0.2) is 0 Å². The normalized spacial score (nSPS) is 17.2. The number of benzene rings is 3. The van der Waals surface area contributed by atoms with Gasteiger partial charge in [-0.1, -0.05) is 48.5 Å². The fraction of sp³-hybridized carbons (Fsp3) is 0.357. The van der Waals surface area contributed by atoms with Gasteiger partial charge in [0.1, 0.15) is 0 Å². The number of carbonyl (C=O) groups is 1. The summed E-state index contributed by atoms with van der Waals surface area (Å²) in [5.41, 5.74) is 2.00. The predicted molar refractivity (Wildman–Crippen MR) is 131 cm³/mol. The van der Waals surface area contributed by atoms with Crippen LogP contribution < -0.4 is 5.32 Å². The summed E-state index contributed by atoms with van der Waals surface area (Å²) in [5, 5.41) is 26.1. The average Bonchev–Trinajstić information content (AvgIpc) is 3.32. The van der Waals surface area contributed by atoms with Crippen LogP contribution in [-0.4, -0.2) is 46.7 Å². The molecule has 5 heteroatoms. The highest BCUT2D eigenvalue weighted by Crippen LogP contribution is 2.24. The topological polar surface area (TPSA) is 76.4 Å². The first-order chi connectivity index (χ1) is 15.9. The van der Waals surface area contributed by atoms with E-state index in [0.29, 0.717) is 24.2 Å². The van der Waals surface area contributed by atoms with Crippen molar-refractivity contribution in [2.24, 2.45) is 0 Å². The fourth-order valence-electron chi connectivity index (χ4n) is 4.77. The van der Waals surface area contributed by atoms with Gasteiger partial charge in [0.25, 0.3) is 5.91 Å². The minimum Gasteiger partial charge on any atom is -0.390 e. The van der Waals surface area contributed by atoms with Gasteiger partial charge < -0.3 is 15.3 Å². The number of nitrogens with one attached hydrogen (secondary N) is 1. The van der Waals surface area contributed by atoms with E-state index in [1.165, 1.54) is 16.3 Å². The molecule has 170 valence electrons. The van der Waals surface area contributed by atoms with Crippen LogP contribution in [0.3, 0.4) is 0 Å². The lowest BCUT2D eigenvalue weighted by Gasteiger charge is -2.33. The number of nitrogens with zero attached hydrogens (tertiary/aromatic N) is 2. The molecule has 1 heterocycles. The lowest BCUT2D eigenvalue weighted by Crippen LogP contribution is -2.51. The fourth-order valence-corrected chi connectivity index (χ4v) is 4.77. The van der Waals surface area contributed by atoms with E-state index in [1.807, 2.05) is 6.07 Å². The van der Waals surface area contributed by atoms with Crippen molar-refractivity contribution in [3.8, 4) is 6.07 Å². The first kappa shape index (κ1) is 23.0. The third-order valence-corrected chi connectivity index (χ3v) is 6.49. The molecule has 0 saturated carbocycles. The summed E-state index contributed by atoms with van der Waals surface area (Å²) in [6.45, 7) is 5.31. The average molecular weight is 442 g/mol. The second-order valence-electron chi connectivity index (χ2n) is 9.59. The van der Waals surface area contributed by atoms with Crippen LogP contribution in [0.25, 0.3) is 10.8 Å². The van der Waals surface area contributed by atoms with E-state index >= 15 is 0 Å². The van der Waals surface area contributed by atoms with E-state index in [2.05, 4.69) is 61.6 Å². The number of carbonyl (C=O) groups excluding carboxylic acids is 1. The quantitative estimate of drug-likeness (QED) is 0.574. The monoisotopic (exact) mass is 441 g/mol. The molecule has 1 amide bonds. The number of rotatable bonds is 7. The van der Waals surface area contributed by atoms with E-state index in [-0.39, 0.29) is 17.5 Å². The van der Waals surface area contributed by atoms with Gasteiger partial charge in [0.2, 0.25) is 0 Å². The van der Waals surface area contributed by atoms with Gasteiger partial charge in [0.05, 0.1) is 23.8 Å². The van der Waals surface area contributed by atoms with E-state index in [9.17, 15) is 9.90 Å². The number of likely N-dealkylation sites (tertiary alicyclic amines) is 1. The molecule has 3 aromatic rings. The maximum absolute atomic E-state index is 13.1. The lowest BCUT2D eigenvalue weighted by atomic mass is 9.93. The van der Waals surface area contributed by atoms with E-state index in [0.717, 1.165) is 19.3 Å². The van der Waals surface area contributed by atoms with Gasteiger partial charge in [-0.05, 0) is 67.6 Å². The molecule has 0 radical (unpaired) electrons. The Labute approximate surface area is 195 Å². The van der Waals surface area contributed by atoms with Gasteiger partial charge in [0, 0.05) is 24.2 Å².